The molecule has 0 amide bonds. The first-order chi connectivity index (χ1) is 6.34. The molecule has 1 aromatic heterocycles. The third kappa shape index (κ3) is 2.29. The van der Waals surface area contributed by atoms with Crippen LogP contribution < -0.4 is 10.6 Å². The van der Waals surface area contributed by atoms with Gasteiger partial charge in [-0.1, -0.05) is 11.6 Å². The van der Waals surface area contributed by atoms with E-state index in [-0.39, 0.29) is 0 Å². The average Bonchev–Trinajstić information content (AvgIpc) is 2.62. The van der Waals surface area contributed by atoms with E-state index in [9.17, 15) is 0 Å². The largest absolute Gasteiger partial charge is 0.350 e. The summed E-state index contributed by atoms with van der Waals surface area (Å²) in [7, 11) is 0. The third-order valence-corrected chi connectivity index (χ3v) is 2.21. The Morgan fingerprint density at radius 3 is 2.85 bits per heavy atom. The molecule has 0 spiro atoms. The summed E-state index contributed by atoms with van der Waals surface area (Å²) in [5.74, 6) is 0.651. The van der Waals surface area contributed by atoms with E-state index in [0.717, 1.165) is 19.5 Å². The smallest absolute Gasteiger partial charge is 0.222 e. The molecule has 1 aromatic rings. The number of halogens is 1. The summed E-state index contributed by atoms with van der Waals surface area (Å²) < 4.78 is 0. The predicted octanol–water partition coefficient (Wildman–Crippen LogP) is 0.904. The monoisotopic (exact) mass is 198 g/mol. The molecular weight excluding hydrogens is 188 g/mol. The van der Waals surface area contributed by atoms with Gasteiger partial charge in [0.25, 0.3) is 0 Å². The molecule has 13 heavy (non-hydrogen) atoms. The van der Waals surface area contributed by atoms with Crippen molar-refractivity contribution >= 4 is 17.5 Å². The van der Waals surface area contributed by atoms with Crippen LogP contribution in [0.15, 0.2) is 12.4 Å². The van der Waals surface area contributed by atoms with Crippen LogP contribution in [0.4, 0.5) is 5.95 Å². The highest BCUT2D eigenvalue weighted by Crippen LogP contribution is 2.08. The second-order valence-electron chi connectivity index (χ2n) is 3.06. The van der Waals surface area contributed by atoms with Crippen LogP contribution >= 0.6 is 11.6 Å². The fourth-order valence-corrected chi connectivity index (χ4v) is 1.44. The van der Waals surface area contributed by atoms with Crippen LogP contribution in [0.2, 0.25) is 5.02 Å². The number of nitrogens with one attached hydrogen (secondary N) is 2. The molecule has 1 unspecified atom stereocenters. The highest BCUT2D eigenvalue weighted by Gasteiger charge is 2.14. The first kappa shape index (κ1) is 8.72. The summed E-state index contributed by atoms with van der Waals surface area (Å²) in [6.07, 6.45) is 4.31. The summed E-state index contributed by atoms with van der Waals surface area (Å²) in [5, 5.41) is 7.05. The van der Waals surface area contributed by atoms with E-state index < -0.39 is 0 Å². The number of anilines is 1. The fraction of sp³-hybridized carbons (Fsp3) is 0.500. The molecule has 2 N–H and O–H groups in total. The van der Waals surface area contributed by atoms with Crippen LogP contribution in [0.3, 0.4) is 0 Å². The zero-order valence-electron chi connectivity index (χ0n) is 7.13. The van der Waals surface area contributed by atoms with Gasteiger partial charge in [0.1, 0.15) is 0 Å². The Morgan fingerprint density at radius 2 is 2.23 bits per heavy atom. The van der Waals surface area contributed by atoms with Crippen molar-refractivity contribution in [3.8, 4) is 0 Å². The topological polar surface area (TPSA) is 49.8 Å². The molecular formula is C8H11ClN4. The maximum atomic E-state index is 5.66. The molecule has 1 aliphatic heterocycles. The number of aromatic nitrogens is 2. The minimum atomic E-state index is 0.446. The van der Waals surface area contributed by atoms with Crippen LogP contribution in [0.25, 0.3) is 0 Å². The van der Waals surface area contributed by atoms with E-state index in [4.69, 9.17) is 11.6 Å². The van der Waals surface area contributed by atoms with Crippen LogP contribution in [0.5, 0.6) is 0 Å². The molecule has 5 heteroatoms. The van der Waals surface area contributed by atoms with E-state index in [1.54, 1.807) is 12.4 Å². The normalized spacial score (nSPS) is 21.8. The lowest BCUT2D eigenvalue weighted by Gasteiger charge is -2.09. The molecule has 2 rings (SSSR count). The molecule has 0 aliphatic carbocycles. The Labute approximate surface area is 81.7 Å². The van der Waals surface area contributed by atoms with E-state index >= 15 is 0 Å². The molecule has 2 heterocycles. The van der Waals surface area contributed by atoms with Gasteiger partial charge in [0.15, 0.2) is 0 Å². The summed E-state index contributed by atoms with van der Waals surface area (Å²) in [4.78, 5) is 8.12. The maximum Gasteiger partial charge on any atom is 0.222 e. The summed E-state index contributed by atoms with van der Waals surface area (Å²) >= 11 is 5.66. The highest BCUT2D eigenvalue weighted by atomic mass is 35.5. The molecule has 0 saturated carbocycles. The van der Waals surface area contributed by atoms with Crippen molar-refractivity contribution in [2.24, 2.45) is 0 Å². The van der Waals surface area contributed by atoms with Crippen molar-refractivity contribution in [1.82, 2.24) is 15.3 Å². The van der Waals surface area contributed by atoms with Gasteiger partial charge in [0.2, 0.25) is 5.95 Å². The summed E-state index contributed by atoms with van der Waals surface area (Å²) in [6.45, 7) is 2.04. The lowest BCUT2D eigenvalue weighted by atomic mass is 10.3. The third-order valence-electron chi connectivity index (χ3n) is 2.01. The Balaban J connectivity index is 1.97. The zero-order valence-corrected chi connectivity index (χ0v) is 7.88. The highest BCUT2D eigenvalue weighted by molar-refractivity contribution is 6.30. The first-order valence-corrected chi connectivity index (χ1v) is 4.67. The molecule has 70 valence electrons. The van der Waals surface area contributed by atoms with Crippen LogP contribution in [0.1, 0.15) is 6.42 Å². The maximum absolute atomic E-state index is 5.66. The molecule has 1 fully saturated rings. The van der Waals surface area contributed by atoms with Gasteiger partial charge >= 0.3 is 0 Å². The molecule has 0 radical (unpaired) electrons. The van der Waals surface area contributed by atoms with E-state index in [1.165, 1.54) is 0 Å². The van der Waals surface area contributed by atoms with E-state index in [2.05, 4.69) is 20.6 Å². The Morgan fingerprint density at radius 1 is 1.46 bits per heavy atom. The predicted molar refractivity (Wildman–Crippen MR) is 51.9 cm³/mol. The van der Waals surface area contributed by atoms with Gasteiger partial charge in [0, 0.05) is 12.6 Å². The number of rotatable bonds is 2. The summed E-state index contributed by atoms with van der Waals surface area (Å²) in [5.41, 5.74) is 0. The van der Waals surface area contributed by atoms with Gasteiger partial charge in [-0.3, -0.25) is 0 Å². The van der Waals surface area contributed by atoms with Crippen molar-refractivity contribution in [1.29, 1.82) is 0 Å². The number of hydrogen-bond donors (Lipinski definition) is 2. The average molecular weight is 199 g/mol. The second kappa shape index (κ2) is 3.89. The van der Waals surface area contributed by atoms with E-state index in [1.807, 2.05) is 0 Å². The Hall–Kier alpha value is -0.870. The molecule has 4 nitrogen and oxygen atoms in total. The molecule has 1 saturated heterocycles. The zero-order chi connectivity index (χ0) is 9.10. The quantitative estimate of drug-likeness (QED) is 0.742. The van der Waals surface area contributed by atoms with Crippen molar-refractivity contribution in [2.45, 2.75) is 12.5 Å². The first-order valence-electron chi connectivity index (χ1n) is 4.29. The molecule has 0 bridgehead atoms. The Bertz CT molecular complexity index is 268. The number of nitrogens with zero attached hydrogens (tertiary/aromatic N) is 2. The minimum Gasteiger partial charge on any atom is -0.350 e. The van der Waals surface area contributed by atoms with Gasteiger partial charge in [-0.05, 0) is 13.0 Å². The fourth-order valence-electron chi connectivity index (χ4n) is 1.35. The Kier molecular flexibility index (Phi) is 2.61. The van der Waals surface area contributed by atoms with Gasteiger partial charge in [0.05, 0.1) is 17.4 Å². The summed E-state index contributed by atoms with van der Waals surface area (Å²) in [6, 6.07) is 0.446. The SMILES string of the molecule is Clc1cnc(NC2CCNC2)nc1. The van der Waals surface area contributed by atoms with Crippen molar-refractivity contribution in [3.05, 3.63) is 17.4 Å². The van der Waals surface area contributed by atoms with Gasteiger partial charge in [-0.25, -0.2) is 9.97 Å². The molecule has 1 atom stereocenters. The van der Waals surface area contributed by atoms with Gasteiger partial charge in [-0.2, -0.15) is 0 Å². The van der Waals surface area contributed by atoms with Crippen molar-refractivity contribution in [2.75, 3.05) is 18.4 Å². The van der Waals surface area contributed by atoms with Gasteiger partial charge in [-0.15, -0.1) is 0 Å². The number of hydrogen-bond acceptors (Lipinski definition) is 4. The van der Waals surface area contributed by atoms with Crippen LogP contribution in [-0.2, 0) is 0 Å². The van der Waals surface area contributed by atoms with Crippen molar-refractivity contribution < 1.29 is 0 Å². The molecule has 1 aliphatic rings. The van der Waals surface area contributed by atoms with Crippen LogP contribution in [0, 0.1) is 0 Å². The second-order valence-corrected chi connectivity index (χ2v) is 3.50. The molecule has 0 aromatic carbocycles. The minimum absolute atomic E-state index is 0.446. The van der Waals surface area contributed by atoms with Crippen LogP contribution in [-0.4, -0.2) is 29.1 Å². The standard InChI is InChI=1S/C8H11ClN4/c9-6-3-11-8(12-4-6)13-7-1-2-10-5-7/h3-4,7,10H,1-2,5H2,(H,11,12,13). The lowest BCUT2D eigenvalue weighted by Crippen LogP contribution is -2.23. The van der Waals surface area contributed by atoms with Gasteiger partial charge < -0.3 is 10.6 Å². The van der Waals surface area contributed by atoms with Crippen molar-refractivity contribution in [3.63, 3.8) is 0 Å². The van der Waals surface area contributed by atoms with E-state index in [0.29, 0.717) is 17.0 Å². The lowest BCUT2D eigenvalue weighted by molar-refractivity contribution is 0.780.